The molecule has 2 spiro atoms. The van der Waals surface area contributed by atoms with Crippen LogP contribution in [-0.4, -0.2) is 48.1 Å². The molecular formula is C35H51NO4. The Hall–Kier alpha value is -1.43. The van der Waals surface area contributed by atoms with E-state index in [-0.39, 0.29) is 28.8 Å². The Kier molecular flexibility index (Phi) is 6.72. The summed E-state index contributed by atoms with van der Waals surface area (Å²) in [5.74, 6) is 3.06. The molecule has 220 valence electrons. The molecule has 8 atom stereocenters. The molecular weight excluding hydrogens is 498 g/mol. The first-order valence-electron chi connectivity index (χ1n) is 16.5. The zero-order valence-corrected chi connectivity index (χ0v) is 25.3. The van der Waals surface area contributed by atoms with Gasteiger partial charge in [0.1, 0.15) is 11.6 Å². The van der Waals surface area contributed by atoms with E-state index in [1.807, 2.05) is 0 Å². The van der Waals surface area contributed by atoms with Crippen LogP contribution in [0, 0.1) is 40.4 Å². The van der Waals surface area contributed by atoms with Crippen molar-refractivity contribution >= 4 is 5.97 Å². The number of carbonyl (C=O) groups is 1. The lowest BCUT2D eigenvalue weighted by molar-refractivity contribution is -0.251. The topological polar surface area (TPSA) is 48.0 Å². The molecule has 2 saturated heterocycles. The van der Waals surface area contributed by atoms with E-state index in [9.17, 15) is 4.79 Å². The second kappa shape index (κ2) is 9.81. The largest absolute Gasteiger partial charge is 0.457 e. The number of fused-ring (bicyclic) bond motifs is 6. The summed E-state index contributed by atoms with van der Waals surface area (Å²) in [7, 11) is 0. The number of benzene rings is 1. The number of morpholine rings is 1. The molecule has 4 saturated carbocycles. The first-order chi connectivity index (χ1) is 19.2. The van der Waals surface area contributed by atoms with E-state index in [0.29, 0.717) is 23.2 Å². The van der Waals surface area contributed by atoms with Gasteiger partial charge in [0.2, 0.25) is 0 Å². The predicted octanol–water partition coefficient (Wildman–Crippen LogP) is 6.98. The van der Waals surface area contributed by atoms with Gasteiger partial charge >= 0.3 is 5.97 Å². The molecule has 1 aromatic rings. The van der Waals surface area contributed by atoms with Crippen molar-refractivity contribution in [2.45, 2.75) is 116 Å². The Balaban J connectivity index is 1.11. The predicted molar refractivity (Wildman–Crippen MR) is 155 cm³/mol. The van der Waals surface area contributed by atoms with Crippen LogP contribution in [0.1, 0.15) is 97.5 Å². The maximum Gasteiger partial charge on any atom is 0.323 e. The summed E-state index contributed by atoms with van der Waals surface area (Å²) < 4.78 is 19.3. The van der Waals surface area contributed by atoms with Crippen molar-refractivity contribution in [3.8, 4) is 0 Å². The molecule has 0 unspecified atom stereocenters. The third-order valence-corrected chi connectivity index (χ3v) is 13.0. The second-order valence-electron chi connectivity index (χ2n) is 15.4. The Morgan fingerprint density at radius 1 is 0.925 bits per heavy atom. The number of hydrogen-bond acceptors (Lipinski definition) is 5. The van der Waals surface area contributed by atoms with Gasteiger partial charge in [0.05, 0.1) is 13.2 Å². The molecule has 0 aromatic heterocycles. The van der Waals surface area contributed by atoms with E-state index in [1.54, 1.807) is 0 Å². The van der Waals surface area contributed by atoms with Crippen LogP contribution in [0.2, 0.25) is 0 Å². The van der Waals surface area contributed by atoms with Gasteiger partial charge in [0.25, 0.3) is 0 Å². The minimum atomic E-state index is -0.331. The van der Waals surface area contributed by atoms with Crippen molar-refractivity contribution in [3.05, 3.63) is 35.9 Å². The highest BCUT2D eigenvalue weighted by molar-refractivity contribution is 5.77. The molecule has 7 rings (SSSR count). The lowest BCUT2D eigenvalue weighted by Crippen LogP contribution is -2.64. The Morgan fingerprint density at radius 2 is 1.68 bits per heavy atom. The van der Waals surface area contributed by atoms with Crippen LogP contribution in [-0.2, 0) is 25.5 Å². The van der Waals surface area contributed by atoms with Crippen molar-refractivity contribution in [3.63, 3.8) is 0 Å². The first kappa shape index (κ1) is 27.4. The Bertz CT molecular complexity index is 1100. The van der Waals surface area contributed by atoms with E-state index >= 15 is 0 Å². The van der Waals surface area contributed by atoms with Crippen molar-refractivity contribution in [1.29, 1.82) is 0 Å². The fraction of sp³-hybridized carbons (Fsp3) is 0.800. The quantitative estimate of drug-likeness (QED) is 0.379. The van der Waals surface area contributed by atoms with Gasteiger partial charge in [-0.15, -0.1) is 0 Å². The molecule has 40 heavy (non-hydrogen) atoms. The summed E-state index contributed by atoms with van der Waals surface area (Å²) in [6.07, 6.45) is 11.5. The van der Waals surface area contributed by atoms with Crippen molar-refractivity contribution < 1.29 is 19.0 Å². The standard InChI is InChI=1S/C35H51NO4/c1-24(2)20-30-31(37)40-34(23-36(30)22-25-8-6-5-7-9-25)17-16-32(3)26(21-34)10-11-27-28(32)12-14-33(4)29(27)13-15-35(33)38-18-19-39-35/h5-9,24,26-30H,10-23H2,1-4H3/t26-,27+,28-,29-,30+,32-,33-,34+/m0/s1. The van der Waals surface area contributed by atoms with E-state index in [4.69, 9.17) is 14.2 Å². The van der Waals surface area contributed by atoms with Gasteiger partial charge in [-0.1, -0.05) is 58.0 Å². The third-order valence-electron chi connectivity index (χ3n) is 13.0. The van der Waals surface area contributed by atoms with Gasteiger partial charge in [0.15, 0.2) is 5.79 Å². The third kappa shape index (κ3) is 4.15. The summed E-state index contributed by atoms with van der Waals surface area (Å²) in [6, 6.07) is 10.6. The van der Waals surface area contributed by atoms with E-state index in [2.05, 4.69) is 62.9 Å². The minimum absolute atomic E-state index is 0.0226. The summed E-state index contributed by atoms with van der Waals surface area (Å²) in [5, 5.41) is 0. The van der Waals surface area contributed by atoms with Crippen LogP contribution >= 0.6 is 0 Å². The van der Waals surface area contributed by atoms with E-state index in [1.165, 1.54) is 44.1 Å². The second-order valence-corrected chi connectivity index (χ2v) is 15.4. The van der Waals surface area contributed by atoms with E-state index < -0.39 is 0 Å². The monoisotopic (exact) mass is 549 g/mol. The normalized spacial score (nSPS) is 44.4. The number of esters is 1. The van der Waals surface area contributed by atoms with Crippen molar-refractivity contribution in [2.75, 3.05) is 19.8 Å². The minimum Gasteiger partial charge on any atom is -0.457 e. The smallest absolute Gasteiger partial charge is 0.323 e. The zero-order chi connectivity index (χ0) is 27.8. The number of ether oxygens (including phenoxy) is 3. The average Bonchev–Trinajstić information content (AvgIpc) is 3.53. The number of hydrogen-bond donors (Lipinski definition) is 0. The molecule has 5 heteroatoms. The number of rotatable bonds is 4. The fourth-order valence-corrected chi connectivity index (χ4v) is 11.0. The average molecular weight is 550 g/mol. The molecule has 0 amide bonds. The highest BCUT2D eigenvalue weighted by atomic mass is 16.7. The molecule has 1 aromatic carbocycles. The van der Waals surface area contributed by atoms with Crippen LogP contribution < -0.4 is 0 Å². The van der Waals surface area contributed by atoms with Gasteiger partial charge in [-0.2, -0.15) is 0 Å². The first-order valence-corrected chi connectivity index (χ1v) is 16.5. The highest BCUT2D eigenvalue weighted by Crippen LogP contribution is 2.70. The Morgan fingerprint density at radius 3 is 2.42 bits per heavy atom. The van der Waals surface area contributed by atoms with Crippen LogP contribution in [0.4, 0.5) is 0 Å². The molecule has 0 N–H and O–H groups in total. The fourth-order valence-electron chi connectivity index (χ4n) is 11.0. The van der Waals surface area contributed by atoms with Gasteiger partial charge in [-0.05, 0) is 98.4 Å². The molecule has 2 aliphatic heterocycles. The summed E-state index contributed by atoms with van der Waals surface area (Å²) in [6.45, 7) is 12.8. The van der Waals surface area contributed by atoms with Gasteiger partial charge in [-0.25, -0.2) is 0 Å². The van der Waals surface area contributed by atoms with Gasteiger partial charge < -0.3 is 14.2 Å². The summed E-state index contributed by atoms with van der Waals surface area (Å²) in [4.78, 5) is 16.1. The molecule has 0 radical (unpaired) electrons. The molecule has 6 fully saturated rings. The maximum atomic E-state index is 13.7. The summed E-state index contributed by atoms with van der Waals surface area (Å²) >= 11 is 0. The molecule has 6 aliphatic rings. The molecule has 2 heterocycles. The zero-order valence-electron chi connectivity index (χ0n) is 25.3. The lowest BCUT2D eigenvalue weighted by atomic mass is 9.44. The van der Waals surface area contributed by atoms with Crippen LogP contribution in [0.5, 0.6) is 0 Å². The van der Waals surface area contributed by atoms with E-state index in [0.717, 1.165) is 63.8 Å². The van der Waals surface area contributed by atoms with Gasteiger partial charge in [-0.3, -0.25) is 9.69 Å². The van der Waals surface area contributed by atoms with Crippen LogP contribution in [0.25, 0.3) is 0 Å². The van der Waals surface area contributed by atoms with Crippen LogP contribution in [0.3, 0.4) is 0 Å². The Labute approximate surface area is 241 Å². The van der Waals surface area contributed by atoms with Gasteiger partial charge in [0, 0.05) is 24.9 Å². The molecule has 0 bridgehead atoms. The number of carbonyl (C=O) groups excluding carboxylic acids is 1. The van der Waals surface area contributed by atoms with Crippen molar-refractivity contribution in [1.82, 2.24) is 4.90 Å². The van der Waals surface area contributed by atoms with Crippen LogP contribution in [0.15, 0.2) is 30.3 Å². The highest BCUT2D eigenvalue weighted by Gasteiger charge is 2.68. The van der Waals surface area contributed by atoms with Crippen molar-refractivity contribution in [2.24, 2.45) is 40.4 Å². The SMILES string of the molecule is CC(C)C[C@@H]1C(=O)O[C@@]2(CC[C@@]3(C)[C@@H](CC[C@@H]4[C@@H]3CC[C@@]3(C)[C@H]4CCC34OCCO4)C2)CN1Cc1ccccc1. The maximum absolute atomic E-state index is 13.7. The lowest BCUT2D eigenvalue weighted by Gasteiger charge is -2.63. The molecule has 4 aliphatic carbocycles. The number of nitrogens with zero attached hydrogens (tertiary/aromatic N) is 1. The summed E-state index contributed by atoms with van der Waals surface area (Å²) in [5.41, 5.74) is 1.46. The molecule has 5 nitrogen and oxygen atoms in total.